The number of hydrogen-bond acceptors (Lipinski definition) is 10. The number of ether oxygens (including phenoxy) is 4. The van der Waals surface area contributed by atoms with Crippen molar-refractivity contribution in [2.45, 2.75) is 224 Å². The quantitative estimate of drug-likeness (QED) is 0.0277. The van der Waals surface area contributed by atoms with Crippen LogP contribution in [0.25, 0.3) is 0 Å². The molecule has 0 aromatic heterocycles. The lowest BCUT2D eigenvalue weighted by atomic mass is 9.98. The Labute approximate surface area is 363 Å². The minimum atomic E-state index is -4.20. The second-order valence-corrected chi connectivity index (χ2v) is 24.2. The number of unbranched alkanes of at least 4 members (excludes halogenated alkanes) is 16. The Hall–Kier alpha value is -0.693. The van der Waals surface area contributed by atoms with E-state index in [0.717, 1.165) is 32.1 Å². The Balaban J connectivity index is 3.04. The van der Waals surface area contributed by atoms with Gasteiger partial charge in [0.05, 0.1) is 25.9 Å². The molecule has 10 nitrogen and oxygen atoms in total. The third-order valence-electron chi connectivity index (χ3n) is 11.7. The molecule has 1 saturated heterocycles. The fourth-order valence-electron chi connectivity index (χ4n) is 6.83. The van der Waals surface area contributed by atoms with E-state index in [1.807, 2.05) is 0 Å². The molecule has 1 unspecified atom stereocenters. The van der Waals surface area contributed by atoms with Crippen LogP contribution in [0.15, 0.2) is 37.5 Å². The third kappa shape index (κ3) is 25.3. The first-order valence-corrected chi connectivity index (χ1v) is 27.8. The summed E-state index contributed by atoms with van der Waals surface area (Å²) >= 11 is 0. The van der Waals surface area contributed by atoms with Crippen molar-refractivity contribution in [3.05, 3.63) is 37.5 Å². The molecule has 1 N–H and O–H groups in total. The van der Waals surface area contributed by atoms with E-state index in [1.165, 1.54) is 108 Å². The van der Waals surface area contributed by atoms with Crippen molar-refractivity contribution in [2.24, 2.45) is 0 Å². The summed E-state index contributed by atoms with van der Waals surface area (Å²) in [5.74, 6) is 0. The van der Waals surface area contributed by atoms with E-state index in [4.69, 9.17) is 36.9 Å². The van der Waals surface area contributed by atoms with Crippen molar-refractivity contribution >= 4 is 16.1 Å². The monoisotopic (exact) mass is 875 g/mol. The van der Waals surface area contributed by atoms with Crippen LogP contribution >= 0.6 is 7.82 Å². The molecule has 1 aliphatic heterocycles. The van der Waals surface area contributed by atoms with Gasteiger partial charge in [-0.05, 0) is 63.1 Å². The van der Waals surface area contributed by atoms with Gasteiger partial charge in [-0.25, -0.2) is 4.57 Å². The molecule has 1 aliphatic rings. The van der Waals surface area contributed by atoms with Crippen LogP contribution < -0.4 is 0 Å². The second-order valence-electron chi connectivity index (χ2n) is 17.8. The summed E-state index contributed by atoms with van der Waals surface area (Å²) in [7, 11) is -4.73. The summed E-state index contributed by atoms with van der Waals surface area (Å²) in [6, 6.07) is 0. The van der Waals surface area contributed by atoms with Crippen molar-refractivity contribution in [1.82, 2.24) is 0 Å². The highest BCUT2D eigenvalue weighted by atomic mass is 31.2. The van der Waals surface area contributed by atoms with Crippen molar-refractivity contribution < 1.29 is 46.6 Å². The van der Waals surface area contributed by atoms with Gasteiger partial charge in [0.1, 0.15) is 24.4 Å². The highest BCUT2D eigenvalue weighted by Crippen LogP contribution is 2.52. The van der Waals surface area contributed by atoms with E-state index in [9.17, 15) is 9.67 Å². The van der Waals surface area contributed by atoms with Crippen molar-refractivity contribution in [2.75, 3.05) is 40.1 Å². The largest absolute Gasteiger partial charge is 0.475 e. The molecule has 0 aliphatic carbocycles. The smallest absolute Gasteiger partial charge is 0.414 e. The van der Waals surface area contributed by atoms with E-state index in [0.29, 0.717) is 19.6 Å². The van der Waals surface area contributed by atoms with Gasteiger partial charge in [-0.3, -0.25) is 13.6 Å². The zero-order chi connectivity index (χ0) is 43.8. The van der Waals surface area contributed by atoms with Crippen molar-refractivity contribution in [1.29, 1.82) is 0 Å². The highest BCUT2D eigenvalue weighted by molar-refractivity contribution is 7.48. The molecule has 1 rings (SSSR count). The summed E-state index contributed by atoms with van der Waals surface area (Å²) < 4.78 is 63.5. The highest BCUT2D eigenvalue weighted by Gasteiger charge is 2.52. The molecule has 0 amide bonds. The fraction of sp³-hybridized carbons (Fsp3) is 0.872. The summed E-state index contributed by atoms with van der Waals surface area (Å²) in [5.41, 5.74) is 0. The summed E-state index contributed by atoms with van der Waals surface area (Å²) in [6.07, 6.45) is 27.1. The van der Waals surface area contributed by atoms with E-state index in [1.54, 1.807) is 7.11 Å². The molecule has 0 aromatic rings. The first-order valence-electron chi connectivity index (χ1n) is 23.5. The van der Waals surface area contributed by atoms with E-state index < -0.39 is 46.8 Å². The number of phosphoric acid groups is 1. The summed E-state index contributed by atoms with van der Waals surface area (Å²) in [5, 5.41) is 11.5. The Morgan fingerprint density at radius 2 is 1.22 bits per heavy atom. The van der Waals surface area contributed by atoms with E-state index >= 15 is 0 Å². The SMILES string of the molecule is C=CCOP(=O)(OCC=C)O[C@H]1[C@H](OCC[C@@H](CCCCCCC)OC)[C@@H](OCCCCCCCCCC/C=C\CCCCCC)C(O)O[C@@H]1CO[Si](C)(C)C(C)(C)C. The average Bonchev–Trinajstić information content (AvgIpc) is 3.20. The maximum atomic E-state index is 14.2. The predicted octanol–water partition coefficient (Wildman–Crippen LogP) is 13.2. The number of phosphoric ester groups is 1. The lowest BCUT2D eigenvalue weighted by Gasteiger charge is -2.46. The van der Waals surface area contributed by atoms with Crippen LogP contribution in [-0.4, -0.2) is 90.4 Å². The molecule has 348 valence electrons. The lowest BCUT2D eigenvalue weighted by Crippen LogP contribution is -2.62. The van der Waals surface area contributed by atoms with E-state index in [2.05, 4.69) is 73.0 Å². The molecule has 1 heterocycles. The molecule has 1 fully saturated rings. The number of rotatable bonds is 39. The van der Waals surface area contributed by atoms with Crippen LogP contribution in [0.3, 0.4) is 0 Å². The predicted molar refractivity (Wildman–Crippen MR) is 247 cm³/mol. The van der Waals surface area contributed by atoms with Gasteiger partial charge in [0.2, 0.25) is 0 Å². The Bertz CT molecular complexity index is 1100. The normalized spacial score (nSPS) is 21.0. The van der Waals surface area contributed by atoms with Gasteiger partial charge < -0.3 is 28.5 Å². The maximum Gasteiger partial charge on any atom is 0.475 e. The van der Waals surface area contributed by atoms with Crippen LogP contribution in [0, 0.1) is 0 Å². The van der Waals surface area contributed by atoms with Gasteiger partial charge in [-0.15, -0.1) is 13.2 Å². The van der Waals surface area contributed by atoms with Gasteiger partial charge in [0.25, 0.3) is 0 Å². The van der Waals surface area contributed by atoms with Crippen LogP contribution in [0.5, 0.6) is 0 Å². The summed E-state index contributed by atoms with van der Waals surface area (Å²) in [6.45, 7) is 23.3. The van der Waals surface area contributed by atoms with Crippen LogP contribution in [0.4, 0.5) is 0 Å². The minimum Gasteiger partial charge on any atom is -0.414 e. The average molecular weight is 875 g/mol. The molecule has 0 spiro atoms. The van der Waals surface area contributed by atoms with Gasteiger partial charge in [-0.2, -0.15) is 0 Å². The number of allylic oxidation sites excluding steroid dienone is 2. The van der Waals surface area contributed by atoms with Gasteiger partial charge in [0.15, 0.2) is 14.6 Å². The zero-order valence-electron chi connectivity index (χ0n) is 39.1. The van der Waals surface area contributed by atoms with Crippen molar-refractivity contribution in [3.63, 3.8) is 0 Å². The number of hydrogen-bond donors (Lipinski definition) is 1. The van der Waals surface area contributed by atoms with Crippen LogP contribution in [0.1, 0.15) is 169 Å². The summed E-state index contributed by atoms with van der Waals surface area (Å²) in [4.78, 5) is 0. The molecule has 0 aromatic carbocycles. The van der Waals surface area contributed by atoms with Gasteiger partial charge in [0, 0.05) is 20.3 Å². The molecule has 59 heavy (non-hydrogen) atoms. The first kappa shape index (κ1) is 56.3. The molecule has 0 bridgehead atoms. The van der Waals surface area contributed by atoms with Gasteiger partial charge >= 0.3 is 7.82 Å². The second kappa shape index (κ2) is 33.8. The topological polar surface area (TPSA) is 111 Å². The lowest BCUT2D eigenvalue weighted by molar-refractivity contribution is -0.301. The Morgan fingerprint density at radius 1 is 0.712 bits per heavy atom. The minimum absolute atomic E-state index is 0.0118. The number of aliphatic hydroxyl groups excluding tert-OH is 1. The van der Waals surface area contributed by atoms with Gasteiger partial charge in [-0.1, -0.05) is 149 Å². The first-order chi connectivity index (χ1) is 28.3. The number of aliphatic hydroxyl groups is 1. The molecule has 12 heteroatoms. The third-order valence-corrected chi connectivity index (χ3v) is 17.6. The molecule has 0 saturated carbocycles. The molecular formula is C47H91O10PSi. The molecule has 6 atom stereocenters. The number of methoxy groups -OCH3 is 1. The standard InChI is InChI=1S/C47H91O10PSi/c1-11-15-17-19-20-21-22-23-24-25-26-27-28-29-31-33-38-51-45-44(52-39-35-41(50-8)34-32-30-18-16-12-2)43(57-58(49,53-36-13-3)54-37-14-4)42(56-46(45)48)40-55-59(9,10)47(5,6)7/h13-14,21-22,41-46,48H,3-4,11-12,15-20,23-40H2,1-2,5-10H3/b22-21-/t41-,42-,43-,44+,45-,46?/m1/s1. The van der Waals surface area contributed by atoms with Crippen molar-refractivity contribution in [3.8, 4) is 0 Å². The molecular weight excluding hydrogens is 784 g/mol. The fourth-order valence-corrected chi connectivity index (χ4v) is 9.17. The zero-order valence-corrected chi connectivity index (χ0v) is 41.0. The van der Waals surface area contributed by atoms with E-state index in [-0.39, 0.29) is 31.0 Å². The van der Waals surface area contributed by atoms with Crippen LogP contribution in [0.2, 0.25) is 18.1 Å². The molecule has 0 radical (unpaired) electrons. The Kier molecular flexibility index (Phi) is 32.3. The Morgan fingerprint density at radius 3 is 1.76 bits per heavy atom. The maximum absolute atomic E-state index is 14.2. The van der Waals surface area contributed by atoms with Crippen LogP contribution in [-0.2, 0) is 41.5 Å².